The monoisotopic (exact) mass is 369 g/mol. The number of aromatic nitrogens is 1. The fourth-order valence-electron chi connectivity index (χ4n) is 3.81. The topological polar surface area (TPSA) is 45.7 Å². The van der Waals surface area contributed by atoms with E-state index in [-0.39, 0.29) is 11.7 Å². The summed E-state index contributed by atoms with van der Waals surface area (Å²) >= 11 is 0. The summed E-state index contributed by atoms with van der Waals surface area (Å²) in [6.45, 7) is 7.57. The van der Waals surface area contributed by atoms with Gasteiger partial charge in [-0.15, -0.1) is 0 Å². The summed E-state index contributed by atoms with van der Waals surface area (Å²) in [6, 6.07) is 8.21. The van der Waals surface area contributed by atoms with Crippen LogP contribution in [0.2, 0.25) is 0 Å². The molecule has 0 unspecified atom stereocenters. The summed E-state index contributed by atoms with van der Waals surface area (Å²) in [5, 5.41) is 0. The van der Waals surface area contributed by atoms with Crippen molar-refractivity contribution < 1.29 is 13.9 Å². The molecule has 0 radical (unpaired) electrons. The highest BCUT2D eigenvalue weighted by atomic mass is 19.1. The molecule has 6 heteroatoms. The fraction of sp³-hybridized carbons (Fsp3) is 0.429. The Bertz CT molecular complexity index is 832. The molecule has 3 heterocycles. The molecule has 2 aliphatic heterocycles. The molecule has 0 N–H and O–H groups in total. The third-order valence-corrected chi connectivity index (χ3v) is 5.29. The first kappa shape index (κ1) is 18.1. The number of ether oxygens (including phenoxy) is 1. The largest absolute Gasteiger partial charge is 0.379 e. The number of amides is 1. The van der Waals surface area contributed by atoms with Crippen LogP contribution in [-0.2, 0) is 11.2 Å². The van der Waals surface area contributed by atoms with E-state index in [1.165, 1.54) is 12.1 Å². The Kier molecular flexibility index (Phi) is 5.18. The zero-order valence-electron chi connectivity index (χ0n) is 15.6. The van der Waals surface area contributed by atoms with Gasteiger partial charge in [0.2, 0.25) is 0 Å². The number of hydrogen-bond donors (Lipinski definition) is 0. The molecule has 1 fully saturated rings. The van der Waals surface area contributed by atoms with E-state index in [2.05, 4.69) is 9.88 Å². The minimum atomic E-state index is -0.293. The van der Waals surface area contributed by atoms with Crippen molar-refractivity contribution >= 4 is 5.91 Å². The van der Waals surface area contributed by atoms with Crippen molar-refractivity contribution in [3.8, 4) is 11.3 Å². The van der Waals surface area contributed by atoms with Crippen molar-refractivity contribution in [2.75, 3.05) is 45.9 Å². The van der Waals surface area contributed by atoms with E-state index in [1.54, 1.807) is 12.1 Å². The van der Waals surface area contributed by atoms with Crippen LogP contribution in [0.3, 0.4) is 0 Å². The summed E-state index contributed by atoms with van der Waals surface area (Å²) < 4.78 is 18.7. The van der Waals surface area contributed by atoms with Crippen molar-refractivity contribution in [2.24, 2.45) is 0 Å². The second-order valence-corrected chi connectivity index (χ2v) is 7.15. The number of hydrogen-bond acceptors (Lipinski definition) is 4. The third-order valence-electron chi connectivity index (χ3n) is 5.29. The molecular formula is C21H24FN3O2. The summed E-state index contributed by atoms with van der Waals surface area (Å²) in [4.78, 5) is 22.1. The Morgan fingerprint density at radius 1 is 1.11 bits per heavy atom. The Balaban J connectivity index is 1.59. The van der Waals surface area contributed by atoms with Gasteiger partial charge in [0, 0.05) is 44.0 Å². The maximum atomic E-state index is 13.3. The van der Waals surface area contributed by atoms with E-state index in [9.17, 15) is 9.18 Å². The van der Waals surface area contributed by atoms with Gasteiger partial charge in [-0.1, -0.05) is 0 Å². The summed E-state index contributed by atoms with van der Waals surface area (Å²) in [7, 11) is 0. The molecule has 1 aromatic heterocycles. The fourth-order valence-corrected chi connectivity index (χ4v) is 3.81. The van der Waals surface area contributed by atoms with Crippen LogP contribution in [0.1, 0.15) is 21.6 Å². The van der Waals surface area contributed by atoms with E-state index in [1.807, 2.05) is 17.9 Å². The van der Waals surface area contributed by atoms with Crippen molar-refractivity contribution in [1.82, 2.24) is 14.8 Å². The molecule has 2 aromatic rings. The van der Waals surface area contributed by atoms with Gasteiger partial charge < -0.3 is 9.64 Å². The molecule has 1 amide bonds. The standard InChI is InChI=1S/C21H24FN3O2/c1-15-14-17-6-7-25(9-8-24-10-12-27-13-11-24)21(26)19(17)20(23-15)16-2-4-18(22)5-3-16/h2-5,14H,6-13H2,1H3. The number of nitrogens with zero attached hydrogens (tertiary/aromatic N) is 3. The molecular weight excluding hydrogens is 345 g/mol. The van der Waals surface area contributed by atoms with Crippen LogP contribution in [0, 0.1) is 12.7 Å². The van der Waals surface area contributed by atoms with Crippen LogP contribution < -0.4 is 0 Å². The van der Waals surface area contributed by atoms with E-state index in [4.69, 9.17) is 4.74 Å². The quantitative estimate of drug-likeness (QED) is 0.831. The van der Waals surface area contributed by atoms with E-state index < -0.39 is 0 Å². The zero-order valence-corrected chi connectivity index (χ0v) is 15.6. The third kappa shape index (κ3) is 3.87. The first-order valence-corrected chi connectivity index (χ1v) is 9.47. The highest BCUT2D eigenvalue weighted by Gasteiger charge is 2.29. The molecule has 0 spiro atoms. The number of fused-ring (bicyclic) bond motifs is 1. The number of halogens is 1. The van der Waals surface area contributed by atoms with Gasteiger partial charge in [0.05, 0.1) is 24.5 Å². The maximum absolute atomic E-state index is 13.3. The molecule has 0 bridgehead atoms. The summed E-state index contributed by atoms with van der Waals surface area (Å²) in [5.41, 5.74) is 4.02. The summed E-state index contributed by atoms with van der Waals surface area (Å²) in [5.74, 6) is -0.268. The first-order valence-electron chi connectivity index (χ1n) is 9.47. The van der Waals surface area contributed by atoms with Gasteiger partial charge in [-0.3, -0.25) is 14.7 Å². The van der Waals surface area contributed by atoms with Crippen molar-refractivity contribution in [2.45, 2.75) is 13.3 Å². The van der Waals surface area contributed by atoms with E-state index in [0.29, 0.717) is 17.8 Å². The molecule has 1 aromatic carbocycles. The highest BCUT2D eigenvalue weighted by molar-refractivity contribution is 6.02. The molecule has 142 valence electrons. The predicted molar refractivity (Wildman–Crippen MR) is 101 cm³/mol. The Hall–Kier alpha value is -2.31. The van der Waals surface area contributed by atoms with Crippen LogP contribution in [0.15, 0.2) is 30.3 Å². The molecule has 0 aliphatic carbocycles. The molecule has 27 heavy (non-hydrogen) atoms. The molecule has 4 rings (SSSR count). The normalized spacial score (nSPS) is 17.9. The molecule has 0 atom stereocenters. The van der Waals surface area contributed by atoms with Gasteiger partial charge in [0.1, 0.15) is 5.82 Å². The number of pyridine rings is 1. The lowest BCUT2D eigenvalue weighted by Crippen LogP contribution is -2.45. The molecule has 0 saturated carbocycles. The van der Waals surface area contributed by atoms with Gasteiger partial charge in [-0.05, 0) is 49.2 Å². The van der Waals surface area contributed by atoms with Gasteiger partial charge in [0.25, 0.3) is 5.91 Å². The van der Waals surface area contributed by atoms with Crippen LogP contribution in [0.4, 0.5) is 4.39 Å². The van der Waals surface area contributed by atoms with Gasteiger partial charge in [-0.25, -0.2) is 4.39 Å². The Morgan fingerprint density at radius 2 is 1.85 bits per heavy atom. The molecule has 2 aliphatic rings. The van der Waals surface area contributed by atoms with Gasteiger partial charge >= 0.3 is 0 Å². The van der Waals surface area contributed by atoms with Crippen LogP contribution in [0.5, 0.6) is 0 Å². The van der Waals surface area contributed by atoms with Crippen molar-refractivity contribution in [1.29, 1.82) is 0 Å². The number of benzene rings is 1. The molecule has 1 saturated heterocycles. The van der Waals surface area contributed by atoms with Crippen LogP contribution >= 0.6 is 0 Å². The van der Waals surface area contributed by atoms with E-state index >= 15 is 0 Å². The lowest BCUT2D eigenvalue weighted by atomic mass is 9.94. The maximum Gasteiger partial charge on any atom is 0.256 e. The van der Waals surface area contributed by atoms with Gasteiger partial charge in [-0.2, -0.15) is 0 Å². The van der Waals surface area contributed by atoms with Crippen LogP contribution in [0.25, 0.3) is 11.3 Å². The van der Waals surface area contributed by atoms with Crippen molar-refractivity contribution in [3.63, 3.8) is 0 Å². The van der Waals surface area contributed by atoms with Gasteiger partial charge in [0.15, 0.2) is 0 Å². The Labute approximate surface area is 158 Å². The second kappa shape index (κ2) is 7.74. The van der Waals surface area contributed by atoms with E-state index in [0.717, 1.165) is 62.6 Å². The minimum Gasteiger partial charge on any atom is -0.379 e. The number of rotatable bonds is 4. The zero-order chi connectivity index (χ0) is 18.8. The predicted octanol–water partition coefficient (Wildman–Crippen LogP) is 2.53. The second-order valence-electron chi connectivity index (χ2n) is 7.15. The lowest BCUT2D eigenvalue weighted by molar-refractivity contribution is 0.0322. The molecule has 5 nitrogen and oxygen atoms in total. The lowest BCUT2D eigenvalue weighted by Gasteiger charge is -2.33. The first-order chi connectivity index (χ1) is 13.1. The average molecular weight is 369 g/mol. The average Bonchev–Trinajstić information content (AvgIpc) is 2.68. The van der Waals surface area contributed by atoms with Crippen LogP contribution in [-0.4, -0.2) is 66.6 Å². The highest BCUT2D eigenvalue weighted by Crippen LogP contribution is 2.30. The number of morpholine rings is 1. The number of carbonyl (C=O) groups is 1. The summed E-state index contributed by atoms with van der Waals surface area (Å²) in [6.07, 6.45) is 0.821. The minimum absolute atomic E-state index is 0.0244. The van der Waals surface area contributed by atoms with Crippen molar-refractivity contribution in [3.05, 3.63) is 53.0 Å². The number of carbonyl (C=O) groups excluding carboxylic acids is 1. The number of aryl methyl sites for hydroxylation is 1. The SMILES string of the molecule is Cc1cc2c(c(-c3ccc(F)cc3)n1)C(=O)N(CCN1CCOCC1)CC2. The Morgan fingerprint density at radius 3 is 2.59 bits per heavy atom. The smallest absolute Gasteiger partial charge is 0.256 e.